The summed E-state index contributed by atoms with van der Waals surface area (Å²) in [5.74, 6) is 0.320. The van der Waals surface area contributed by atoms with E-state index in [4.69, 9.17) is 4.74 Å². The monoisotopic (exact) mass is 380 g/mol. The van der Waals surface area contributed by atoms with Gasteiger partial charge in [-0.1, -0.05) is 45.4 Å². The van der Waals surface area contributed by atoms with Crippen molar-refractivity contribution >= 4 is 23.6 Å². The number of ether oxygens (including phenoxy) is 1. The summed E-state index contributed by atoms with van der Waals surface area (Å²) in [5, 5.41) is 8.26. The molecule has 0 saturated heterocycles. The summed E-state index contributed by atoms with van der Waals surface area (Å²) < 4.78 is 5.36. The van der Waals surface area contributed by atoms with Gasteiger partial charge in [-0.25, -0.2) is 0 Å². The molecule has 0 aliphatic carbocycles. The first-order valence-electron chi connectivity index (χ1n) is 9.99. The van der Waals surface area contributed by atoms with Crippen LogP contribution in [0.25, 0.3) is 0 Å². The van der Waals surface area contributed by atoms with E-state index in [2.05, 4.69) is 17.2 Å². The molecule has 0 spiro atoms. The second-order valence-corrected chi connectivity index (χ2v) is 6.75. The second-order valence-electron chi connectivity index (χ2n) is 6.75. The van der Waals surface area contributed by atoms with Crippen LogP contribution >= 0.6 is 0 Å². The summed E-state index contributed by atoms with van der Waals surface area (Å²) in [5.41, 5.74) is 1.92. The van der Waals surface area contributed by atoms with Gasteiger partial charge in [-0.05, 0) is 55.0 Å². The Balaban J connectivity index is 1.71. The van der Waals surface area contributed by atoms with E-state index in [1.165, 1.54) is 32.1 Å². The zero-order chi connectivity index (χ0) is 20.0. The Hall–Kier alpha value is -2.82. The third kappa shape index (κ3) is 8.25. The smallest absolute Gasteiger partial charge is 0.311 e. The van der Waals surface area contributed by atoms with E-state index in [-0.39, 0.29) is 5.97 Å². The molecular weight excluding hydrogens is 352 g/mol. The highest BCUT2D eigenvalue weighted by molar-refractivity contribution is 5.75. The molecule has 2 aromatic carbocycles. The highest BCUT2D eigenvalue weighted by Gasteiger charge is 2.05. The van der Waals surface area contributed by atoms with Crippen LogP contribution < -0.4 is 4.74 Å². The zero-order valence-corrected chi connectivity index (χ0v) is 16.5. The van der Waals surface area contributed by atoms with Crippen LogP contribution in [0.2, 0.25) is 0 Å². The standard InChI is InChI=1S/C23H28N2O3/c1-2-3-4-5-6-7-8-9-23(27)28-22-16-14-21(15-17-22)25-24-20-12-10-19(18-26)11-13-20/h10-18H,2-9H2,1H3. The largest absolute Gasteiger partial charge is 0.427 e. The minimum absolute atomic E-state index is 0.196. The zero-order valence-electron chi connectivity index (χ0n) is 16.5. The molecule has 0 aromatic heterocycles. The van der Waals surface area contributed by atoms with Gasteiger partial charge in [0.2, 0.25) is 0 Å². The molecule has 0 amide bonds. The van der Waals surface area contributed by atoms with E-state index in [9.17, 15) is 9.59 Å². The number of carbonyl (C=O) groups excluding carboxylic acids is 2. The van der Waals surface area contributed by atoms with Crippen LogP contribution in [-0.4, -0.2) is 12.3 Å². The summed E-state index contributed by atoms with van der Waals surface area (Å²) >= 11 is 0. The molecule has 0 heterocycles. The first kappa shape index (κ1) is 21.5. The Kier molecular flexibility index (Phi) is 9.62. The van der Waals surface area contributed by atoms with Gasteiger partial charge in [-0.3, -0.25) is 9.59 Å². The second kappa shape index (κ2) is 12.5. The molecule has 0 unspecified atom stereocenters. The van der Waals surface area contributed by atoms with Gasteiger partial charge in [0.25, 0.3) is 0 Å². The highest BCUT2D eigenvalue weighted by Crippen LogP contribution is 2.22. The third-order valence-electron chi connectivity index (χ3n) is 4.36. The molecule has 28 heavy (non-hydrogen) atoms. The van der Waals surface area contributed by atoms with Gasteiger partial charge in [0.1, 0.15) is 12.0 Å². The summed E-state index contributed by atoms with van der Waals surface area (Å²) in [6.45, 7) is 2.21. The van der Waals surface area contributed by atoms with Crippen LogP contribution in [0.3, 0.4) is 0 Å². The van der Waals surface area contributed by atoms with E-state index >= 15 is 0 Å². The van der Waals surface area contributed by atoms with Gasteiger partial charge in [0.05, 0.1) is 11.4 Å². The Labute approximate surface area is 166 Å². The van der Waals surface area contributed by atoms with Crippen LogP contribution in [0, 0.1) is 0 Å². The Morgan fingerprint density at radius 2 is 1.36 bits per heavy atom. The normalized spacial score (nSPS) is 10.9. The molecule has 2 aromatic rings. The van der Waals surface area contributed by atoms with Crippen molar-refractivity contribution in [3.8, 4) is 5.75 Å². The number of hydrogen-bond donors (Lipinski definition) is 0. The topological polar surface area (TPSA) is 68.1 Å². The minimum atomic E-state index is -0.196. The number of azo groups is 1. The van der Waals surface area contributed by atoms with Gasteiger partial charge < -0.3 is 4.74 Å². The number of hydrogen-bond acceptors (Lipinski definition) is 5. The SMILES string of the molecule is CCCCCCCCCC(=O)Oc1ccc(N=Nc2ccc(C=O)cc2)cc1. The molecule has 0 fully saturated rings. The number of unbranched alkanes of at least 4 members (excludes halogenated alkanes) is 6. The molecule has 0 atom stereocenters. The first-order valence-corrected chi connectivity index (χ1v) is 9.99. The predicted molar refractivity (Wildman–Crippen MR) is 111 cm³/mol. The van der Waals surface area contributed by atoms with Gasteiger partial charge >= 0.3 is 5.97 Å². The van der Waals surface area contributed by atoms with Gasteiger partial charge in [-0.15, -0.1) is 0 Å². The Morgan fingerprint density at radius 1 is 0.821 bits per heavy atom. The van der Waals surface area contributed by atoms with Crippen molar-refractivity contribution in [2.24, 2.45) is 10.2 Å². The van der Waals surface area contributed by atoms with Crippen molar-refractivity contribution in [1.82, 2.24) is 0 Å². The lowest BCUT2D eigenvalue weighted by molar-refractivity contribution is -0.134. The fourth-order valence-corrected chi connectivity index (χ4v) is 2.72. The number of esters is 1. The van der Waals surface area contributed by atoms with Crippen molar-refractivity contribution in [3.05, 3.63) is 54.1 Å². The molecule has 0 saturated carbocycles. The van der Waals surface area contributed by atoms with Gasteiger partial charge in [0.15, 0.2) is 0 Å². The molecule has 0 aliphatic rings. The van der Waals surface area contributed by atoms with Crippen LogP contribution in [0.5, 0.6) is 5.75 Å². The Morgan fingerprint density at radius 3 is 1.93 bits per heavy atom. The van der Waals surface area contributed by atoms with Crippen LogP contribution in [-0.2, 0) is 4.79 Å². The minimum Gasteiger partial charge on any atom is -0.427 e. The van der Waals surface area contributed by atoms with Gasteiger partial charge in [0, 0.05) is 12.0 Å². The van der Waals surface area contributed by atoms with E-state index in [1.54, 1.807) is 48.5 Å². The molecule has 5 heteroatoms. The first-order chi connectivity index (χ1) is 13.7. The summed E-state index contributed by atoms with van der Waals surface area (Å²) in [6, 6.07) is 13.8. The fourth-order valence-electron chi connectivity index (χ4n) is 2.72. The fraction of sp³-hybridized carbons (Fsp3) is 0.391. The lowest BCUT2D eigenvalue weighted by atomic mass is 10.1. The lowest BCUT2D eigenvalue weighted by Crippen LogP contribution is -2.07. The maximum atomic E-state index is 11.9. The summed E-state index contributed by atoms with van der Waals surface area (Å²) in [4.78, 5) is 22.5. The van der Waals surface area contributed by atoms with Crippen molar-refractivity contribution < 1.29 is 14.3 Å². The molecule has 0 bridgehead atoms. The van der Waals surface area contributed by atoms with Gasteiger partial charge in [-0.2, -0.15) is 10.2 Å². The van der Waals surface area contributed by atoms with Crippen molar-refractivity contribution in [1.29, 1.82) is 0 Å². The molecule has 0 radical (unpaired) electrons. The van der Waals surface area contributed by atoms with Crippen LogP contribution in [0.1, 0.15) is 68.6 Å². The third-order valence-corrected chi connectivity index (χ3v) is 4.36. The van der Waals surface area contributed by atoms with E-state index < -0.39 is 0 Å². The number of carbonyl (C=O) groups is 2. The van der Waals surface area contributed by atoms with Crippen molar-refractivity contribution in [3.63, 3.8) is 0 Å². The highest BCUT2D eigenvalue weighted by atomic mass is 16.5. The quantitative estimate of drug-likeness (QED) is 0.131. The molecule has 0 N–H and O–H groups in total. The summed E-state index contributed by atoms with van der Waals surface area (Å²) in [6.07, 6.45) is 9.46. The van der Waals surface area contributed by atoms with Crippen LogP contribution in [0.15, 0.2) is 58.8 Å². The average molecular weight is 380 g/mol. The van der Waals surface area contributed by atoms with E-state index in [0.717, 1.165) is 19.1 Å². The van der Waals surface area contributed by atoms with Crippen molar-refractivity contribution in [2.45, 2.75) is 58.3 Å². The lowest BCUT2D eigenvalue weighted by Gasteiger charge is -2.04. The number of aldehydes is 1. The maximum Gasteiger partial charge on any atom is 0.311 e. The molecule has 148 valence electrons. The van der Waals surface area contributed by atoms with Crippen LogP contribution in [0.4, 0.5) is 11.4 Å². The molecule has 2 rings (SSSR count). The average Bonchev–Trinajstić information content (AvgIpc) is 2.73. The summed E-state index contributed by atoms with van der Waals surface area (Å²) in [7, 11) is 0. The van der Waals surface area contributed by atoms with E-state index in [0.29, 0.717) is 29.1 Å². The maximum absolute atomic E-state index is 11.9. The Bertz CT molecular complexity index is 752. The predicted octanol–water partition coefficient (Wildman–Crippen LogP) is 6.96. The molecule has 0 aliphatic heterocycles. The van der Waals surface area contributed by atoms with Crippen molar-refractivity contribution in [2.75, 3.05) is 0 Å². The molecule has 5 nitrogen and oxygen atoms in total. The molecular formula is C23H28N2O3. The number of rotatable bonds is 12. The number of nitrogens with zero attached hydrogens (tertiary/aromatic N) is 2. The number of benzene rings is 2. The van der Waals surface area contributed by atoms with E-state index in [1.807, 2.05) is 0 Å².